The number of halogens is 1. The van der Waals surface area contributed by atoms with E-state index in [4.69, 9.17) is 4.74 Å². The van der Waals surface area contributed by atoms with Gasteiger partial charge in [-0.15, -0.1) is 0 Å². The van der Waals surface area contributed by atoms with Gasteiger partial charge in [0.15, 0.2) is 0 Å². The van der Waals surface area contributed by atoms with Gasteiger partial charge in [-0.25, -0.2) is 4.39 Å². The zero-order valence-electron chi connectivity index (χ0n) is 16.7. The molecule has 0 aliphatic carbocycles. The quantitative estimate of drug-likeness (QED) is 0.455. The Labute approximate surface area is 169 Å². The Morgan fingerprint density at radius 2 is 1.79 bits per heavy atom. The lowest BCUT2D eigenvalue weighted by atomic mass is 9.92. The van der Waals surface area contributed by atoms with Crippen LogP contribution in [0.25, 0.3) is 5.76 Å². The van der Waals surface area contributed by atoms with Crippen molar-refractivity contribution in [1.82, 2.24) is 4.90 Å². The molecule has 1 amide bonds. The molecule has 0 bridgehead atoms. The molecule has 0 saturated carbocycles. The molecular formula is C23H24FNO4. The minimum atomic E-state index is -0.760. The molecule has 6 heteroatoms. The number of nitrogens with zero attached hydrogens (tertiary/aromatic N) is 1. The topological polar surface area (TPSA) is 66.8 Å². The Hall–Kier alpha value is -2.99. The Bertz CT molecular complexity index is 950. The van der Waals surface area contributed by atoms with Crippen molar-refractivity contribution in [1.29, 1.82) is 0 Å². The van der Waals surface area contributed by atoms with Crippen molar-refractivity contribution in [3.63, 3.8) is 0 Å². The molecule has 3 rings (SSSR count). The van der Waals surface area contributed by atoms with E-state index in [9.17, 15) is 19.1 Å². The number of aliphatic hydroxyl groups excluding tert-OH is 1. The fourth-order valence-electron chi connectivity index (χ4n) is 3.48. The number of aliphatic hydroxyl groups is 1. The summed E-state index contributed by atoms with van der Waals surface area (Å²) in [7, 11) is 0. The lowest BCUT2D eigenvalue weighted by Gasteiger charge is -2.26. The standard InChI is InChI=1S/C23H24FNO4/c1-14(2)29-13-12-25-20(18-7-5-4-6-15(18)3)19(22(27)23(25)28)21(26)16-8-10-17(24)11-9-16/h4-11,14,20,26H,12-13H2,1-3H3/b21-19-. The maximum atomic E-state index is 13.3. The average Bonchev–Trinajstić information content (AvgIpc) is 2.93. The minimum Gasteiger partial charge on any atom is -0.507 e. The number of ketones is 1. The third-order valence-electron chi connectivity index (χ3n) is 4.92. The normalized spacial score (nSPS) is 18.7. The molecule has 2 aromatic carbocycles. The van der Waals surface area contributed by atoms with E-state index < -0.39 is 23.5 Å². The number of benzene rings is 2. The lowest BCUT2D eigenvalue weighted by Crippen LogP contribution is -2.33. The SMILES string of the molecule is Cc1ccccc1C1/C(=C(/O)c2ccc(F)cc2)C(=O)C(=O)N1CCOC(C)C. The van der Waals surface area contributed by atoms with E-state index in [-0.39, 0.29) is 36.2 Å². The zero-order chi connectivity index (χ0) is 21.1. The predicted molar refractivity (Wildman–Crippen MR) is 108 cm³/mol. The van der Waals surface area contributed by atoms with Crippen molar-refractivity contribution in [2.45, 2.75) is 32.9 Å². The first-order valence-electron chi connectivity index (χ1n) is 9.52. The van der Waals surface area contributed by atoms with Crippen LogP contribution in [0.1, 0.15) is 36.6 Å². The van der Waals surface area contributed by atoms with Crippen LogP contribution in [0.3, 0.4) is 0 Å². The maximum absolute atomic E-state index is 13.3. The maximum Gasteiger partial charge on any atom is 0.295 e. The summed E-state index contributed by atoms with van der Waals surface area (Å²) in [4.78, 5) is 27.1. The second-order valence-corrected chi connectivity index (χ2v) is 7.28. The second-order valence-electron chi connectivity index (χ2n) is 7.28. The summed E-state index contributed by atoms with van der Waals surface area (Å²) in [5.41, 5.74) is 1.92. The van der Waals surface area contributed by atoms with Crippen molar-refractivity contribution in [3.05, 3.63) is 76.6 Å². The van der Waals surface area contributed by atoms with Crippen molar-refractivity contribution in [2.75, 3.05) is 13.2 Å². The summed E-state index contributed by atoms with van der Waals surface area (Å²) < 4.78 is 18.9. The molecule has 0 radical (unpaired) electrons. The summed E-state index contributed by atoms with van der Waals surface area (Å²) in [5.74, 6) is -2.22. The third kappa shape index (κ3) is 4.22. The van der Waals surface area contributed by atoms with Crippen LogP contribution in [0.15, 0.2) is 54.1 Å². The van der Waals surface area contributed by atoms with Crippen LogP contribution in [0.4, 0.5) is 4.39 Å². The molecule has 0 spiro atoms. The first-order valence-corrected chi connectivity index (χ1v) is 9.52. The van der Waals surface area contributed by atoms with Crippen molar-refractivity contribution in [3.8, 4) is 0 Å². The molecule has 1 atom stereocenters. The summed E-state index contributed by atoms with van der Waals surface area (Å²) in [6.45, 7) is 6.15. The number of carbonyl (C=O) groups excluding carboxylic acids is 2. The number of hydrogen-bond acceptors (Lipinski definition) is 4. The van der Waals surface area contributed by atoms with Crippen LogP contribution in [0.2, 0.25) is 0 Å². The number of amides is 1. The number of ether oxygens (including phenoxy) is 1. The molecule has 1 aliphatic rings. The van der Waals surface area contributed by atoms with Gasteiger partial charge in [-0.1, -0.05) is 24.3 Å². The van der Waals surface area contributed by atoms with E-state index in [1.807, 2.05) is 45.0 Å². The Kier molecular flexibility index (Phi) is 6.13. The second kappa shape index (κ2) is 8.57. The van der Waals surface area contributed by atoms with Crippen molar-refractivity contribution < 1.29 is 23.8 Å². The summed E-state index contributed by atoms with van der Waals surface area (Å²) in [6, 6.07) is 11.8. The van der Waals surface area contributed by atoms with Gasteiger partial charge < -0.3 is 14.7 Å². The van der Waals surface area contributed by atoms with Gasteiger partial charge >= 0.3 is 0 Å². The molecule has 29 heavy (non-hydrogen) atoms. The largest absolute Gasteiger partial charge is 0.507 e. The average molecular weight is 397 g/mol. The molecular weight excluding hydrogens is 373 g/mol. The number of Topliss-reactive ketones (excluding diaryl/α,β-unsaturated/α-hetero) is 1. The van der Waals surface area contributed by atoms with Crippen molar-refractivity contribution in [2.24, 2.45) is 0 Å². The number of likely N-dealkylation sites (tertiary alicyclic amines) is 1. The number of rotatable bonds is 6. The van der Waals surface area contributed by atoms with E-state index in [2.05, 4.69) is 0 Å². The molecule has 0 aromatic heterocycles. The van der Waals surface area contributed by atoms with E-state index >= 15 is 0 Å². The number of hydrogen-bond donors (Lipinski definition) is 1. The minimum absolute atomic E-state index is 0.000421. The van der Waals surface area contributed by atoms with Crippen LogP contribution in [0.5, 0.6) is 0 Å². The smallest absolute Gasteiger partial charge is 0.295 e. The van der Waals surface area contributed by atoms with E-state index in [1.54, 1.807) is 0 Å². The first kappa shape index (κ1) is 20.7. The Morgan fingerprint density at radius 3 is 2.41 bits per heavy atom. The molecule has 1 unspecified atom stereocenters. The number of carbonyl (C=O) groups is 2. The van der Waals surface area contributed by atoms with Crippen LogP contribution in [-0.2, 0) is 14.3 Å². The summed E-state index contributed by atoms with van der Waals surface area (Å²) in [6.07, 6.45) is -0.0112. The van der Waals surface area contributed by atoms with E-state index in [0.29, 0.717) is 0 Å². The fraction of sp³-hybridized carbons (Fsp3) is 0.304. The molecule has 1 aliphatic heterocycles. The molecule has 1 fully saturated rings. The predicted octanol–water partition coefficient (Wildman–Crippen LogP) is 3.98. The van der Waals surface area contributed by atoms with Gasteiger partial charge in [-0.2, -0.15) is 0 Å². The molecule has 1 N–H and O–H groups in total. The lowest BCUT2D eigenvalue weighted by molar-refractivity contribution is -0.140. The molecule has 152 valence electrons. The molecule has 1 heterocycles. The molecule has 2 aromatic rings. The summed E-state index contributed by atoms with van der Waals surface area (Å²) in [5, 5.41) is 10.9. The fourth-order valence-corrected chi connectivity index (χ4v) is 3.48. The highest BCUT2D eigenvalue weighted by Crippen LogP contribution is 2.40. The van der Waals surface area contributed by atoms with Gasteiger partial charge in [0.05, 0.1) is 24.3 Å². The van der Waals surface area contributed by atoms with E-state index in [0.717, 1.165) is 11.1 Å². The highest BCUT2D eigenvalue weighted by Gasteiger charge is 2.46. The van der Waals surface area contributed by atoms with Crippen LogP contribution >= 0.6 is 0 Å². The zero-order valence-corrected chi connectivity index (χ0v) is 16.7. The van der Waals surface area contributed by atoms with Crippen LogP contribution in [0, 0.1) is 12.7 Å². The Balaban J connectivity index is 2.11. The van der Waals surface area contributed by atoms with Gasteiger partial charge in [-0.05, 0) is 56.2 Å². The Morgan fingerprint density at radius 1 is 1.14 bits per heavy atom. The van der Waals surface area contributed by atoms with Crippen molar-refractivity contribution >= 4 is 17.4 Å². The summed E-state index contributed by atoms with van der Waals surface area (Å²) >= 11 is 0. The van der Waals surface area contributed by atoms with Crippen LogP contribution < -0.4 is 0 Å². The van der Waals surface area contributed by atoms with Gasteiger partial charge in [0.2, 0.25) is 0 Å². The van der Waals surface area contributed by atoms with Crippen LogP contribution in [-0.4, -0.2) is 41.0 Å². The van der Waals surface area contributed by atoms with Gasteiger partial charge in [0.1, 0.15) is 11.6 Å². The van der Waals surface area contributed by atoms with Gasteiger partial charge in [0.25, 0.3) is 11.7 Å². The highest BCUT2D eigenvalue weighted by molar-refractivity contribution is 6.46. The van der Waals surface area contributed by atoms with E-state index in [1.165, 1.54) is 29.2 Å². The monoisotopic (exact) mass is 397 g/mol. The van der Waals surface area contributed by atoms with Gasteiger partial charge in [-0.3, -0.25) is 9.59 Å². The number of aryl methyl sites for hydroxylation is 1. The highest BCUT2D eigenvalue weighted by atomic mass is 19.1. The van der Waals surface area contributed by atoms with Gasteiger partial charge in [0, 0.05) is 12.1 Å². The third-order valence-corrected chi connectivity index (χ3v) is 4.92. The first-order chi connectivity index (χ1) is 13.8. The molecule has 5 nitrogen and oxygen atoms in total. The molecule has 1 saturated heterocycles.